The van der Waals surface area contributed by atoms with Gasteiger partial charge in [0.1, 0.15) is 0 Å². The summed E-state index contributed by atoms with van der Waals surface area (Å²) >= 11 is 6.00. The van der Waals surface area contributed by atoms with Crippen LogP contribution in [0.15, 0.2) is 41.4 Å². The molecule has 0 aromatic heterocycles. The van der Waals surface area contributed by atoms with Gasteiger partial charge in [0.05, 0.1) is 25.8 Å². The molecule has 126 valence electrons. The number of rotatable bonds is 6. The van der Waals surface area contributed by atoms with E-state index in [1.807, 2.05) is 19.1 Å². The molecule has 1 heterocycles. The number of nitrogens with zero attached hydrogens (tertiary/aromatic N) is 2. The van der Waals surface area contributed by atoms with Gasteiger partial charge in [-0.1, -0.05) is 35.9 Å². The van der Waals surface area contributed by atoms with Crippen LogP contribution in [0.4, 0.5) is 0 Å². The Morgan fingerprint density at radius 1 is 1.39 bits per heavy atom. The first-order valence-electron chi connectivity index (χ1n) is 7.81. The average molecular weight is 337 g/mol. The van der Waals surface area contributed by atoms with Gasteiger partial charge in [0.2, 0.25) is 0 Å². The van der Waals surface area contributed by atoms with Crippen LogP contribution in [0.5, 0.6) is 0 Å². The van der Waals surface area contributed by atoms with Gasteiger partial charge in [-0.2, -0.15) is 0 Å². The second kappa shape index (κ2) is 8.91. The third kappa shape index (κ3) is 5.86. The Hall–Kier alpha value is -1.56. The quantitative estimate of drug-likeness (QED) is 0.475. The van der Waals surface area contributed by atoms with Gasteiger partial charge in [0, 0.05) is 24.7 Å². The number of ether oxygens (including phenoxy) is 1. The largest absolute Gasteiger partial charge is 0.379 e. The van der Waals surface area contributed by atoms with Gasteiger partial charge in [-0.25, -0.2) is 0 Å². The van der Waals surface area contributed by atoms with Gasteiger partial charge < -0.3 is 15.8 Å². The summed E-state index contributed by atoms with van der Waals surface area (Å²) < 4.78 is 5.45. The minimum atomic E-state index is 0.168. The van der Waals surface area contributed by atoms with Crippen LogP contribution in [0.2, 0.25) is 5.02 Å². The van der Waals surface area contributed by atoms with E-state index in [-0.39, 0.29) is 6.04 Å². The Balaban J connectivity index is 2.08. The summed E-state index contributed by atoms with van der Waals surface area (Å²) in [7, 11) is 0. The average Bonchev–Trinajstić information content (AvgIpc) is 2.55. The summed E-state index contributed by atoms with van der Waals surface area (Å²) in [4.78, 5) is 6.87. The Labute approximate surface area is 143 Å². The minimum absolute atomic E-state index is 0.168. The molecule has 0 saturated carbocycles. The zero-order valence-corrected chi connectivity index (χ0v) is 14.4. The fraction of sp³-hybridized carbons (Fsp3) is 0.471. The normalized spacial score (nSPS) is 17.7. The van der Waals surface area contributed by atoms with E-state index in [4.69, 9.17) is 22.1 Å². The van der Waals surface area contributed by atoms with Crippen LogP contribution < -0.4 is 11.1 Å². The molecule has 1 aliphatic heterocycles. The summed E-state index contributed by atoms with van der Waals surface area (Å²) in [6.07, 6.45) is 0. The van der Waals surface area contributed by atoms with Crippen LogP contribution in [-0.4, -0.2) is 50.3 Å². The van der Waals surface area contributed by atoms with Crippen LogP contribution in [0.1, 0.15) is 18.5 Å². The summed E-state index contributed by atoms with van der Waals surface area (Å²) in [5.41, 5.74) is 8.14. The number of guanidine groups is 1. The highest BCUT2D eigenvalue weighted by Crippen LogP contribution is 2.23. The number of halogens is 1. The second-order valence-corrected chi connectivity index (χ2v) is 6.19. The Morgan fingerprint density at radius 3 is 2.65 bits per heavy atom. The van der Waals surface area contributed by atoms with Crippen LogP contribution in [-0.2, 0) is 4.74 Å². The molecule has 3 N–H and O–H groups in total. The Morgan fingerprint density at radius 2 is 2.04 bits per heavy atom. The number of hydrogen-bond acceptors (Lipinski definition) is 3. The summed E-state index contributed by atoms with van der Waals surface area (Å²) in [5, 5.41) is 3.80. The predicted octanol–water partition coefficient (Wildman–Crippen LogP) is 2.19. The van der Waals surface area contributed by atoms with Crippen molar-refractivity contribution in [2.75, 3.05) is 39.4 Å². The van der Waals surface area contributed by atoms with E-state index >= 15 is 0 Å². The van der Waals surface area contributed by atoms with Crippen molar-refractivity contribution in [3.05, 3.63) is 47.0 Å². The zero-order chi connectivity index (χ0) is 16.7. The van der Waals surface area contributed by atoms with E-state index < -0.39 is 0 Å². The Bertz CT molecular complexity index is 538. The highest BCUT2D eigenvalue weighted by molar-refractivity contribution is 6.30. The predicted molar refractivity (Wildman–Crippen MR) is 95.9 cm³/mol. The molecule has 23 heavy (non-hydrogen) atoms. The first-order valence-corrected chi connectivity index (χ1v) is 8.19. The number of nitrogens with two attached hydrogens (primary N) is 1. The molecule has 1 saturated heterocycles. The van der Waals surface area contributed by atoms with E-state index in [0.29, 0.717) is 19.0 Å². The fourth-order valence-corrected chi connectivity index (χ4v) is 2.61. The summed E-state index contributed by atoms with van der Waals surface area (Å²) in [6.45, 7) is 10.3. The molecular formula is C17H25ClN4O. The molecule has 5 nitrogen and oxygen atoms in total. The molecule has 1 aromatic rings. The lowest BCUT2D eigenvalue weighted by molar-refractivity contribution is 0.0180. The van der Waals surface area contributed by atoms with Crippen molar-refractivity contribution in [2.24, 2.45) is 10.7 Å². The molecule has 0 radical (unpaired) electrons. The van der Waals surface area contributed by atoms with Gasteiger partial charge in [0.15, 0.2) is 5.96 Å². The molecular weight excluding hydrogens is 312 g/mol. The molecule has 1 fully saturated rings. The lowest BCUT2D eigenvalue weighted by Gasteiger charge is -2.34. The van der Waals surface area contributed by atoms with Crippen LogP contribution >= 0.6 is 11.6 Å². The lowest BCUT2D eigenvalue weighted by atomic mass is 10.0. The summed E-state index contributed by atoms with van der Waals surface area (Å²) in [5.74, 6) is 0.445. The number of morpholine rings is 1. The van der Waals surface area contributed by atoms with Crippen molar-refractivity contribution in [1.82, 2.24) is 10.2 Å². The number of nitrogens with one attached hydrogen (secondary N) is 1. The zero-order valence-electron chi connectivity index (χ0n) is 13.6. The highest BCUT2D eigenvalue weighted by atomic mass is 35.5. The minimum Gasteiger partial charge on any atom is -0.379 e. The molecule has 1 atom stereocenters. The maximum absolute atomic E-state index is 6.00. The lowest BCUT2D eigenvalue weighted by Crippen LogP contribution is -2.41. The Kier molecular flexibility index (Phi) is 6.89. The number of hydrogen-bond donors (Lipinski definition) is 2. The third-order valence-corrected chi connectivity index (χ3v) is 4.00. The number of aliphatic imine (C=N–C) groups is 1. The molecule has 2 rings (SSSR count). The monoisotopic (exact) mass is 336 g/mol. The van der Waals surface area contributed by atoms with Crippen molar-refractivity contribution >= 4 is 17.6 Å². The first kappa shape index (κ1) is 17.8. The van der Waals surface area contributed by atoms with Gasteiger partial charge in [-0.15, -0.1) is 0 Å². The van der Waals surface area contributed by atoms with Crippen molar-refractivity contribution < 1.29 is 4.74 Å². The molecule has 0 spiro atoms. The van der Waals surface area contributed by atoms with Crippen LogP contribution in [0.25, 0.3) is 0 Å². The highest BCUT2D eigenvalue weighted by Gasteiger charge is 2.22. The van der Waals surface area contributed by atoms with E-state index in [1.165, 1.54) is 5.56 Å². The molecule has 0 aliphatic carbocycles. The molecule has 6 heteroatoms. The maximum Gasteiger partial charge on any atom is 0.188 e. The smallest absolute Gasteiger partial charge is 0.188 e. The van der Waals surface area contributed by atoms with Gasteiger partial charge in [-0.05, 0) is 24.6 Å². The van der Waals surface area contributed by atoms with Gasteiger partial charge in [0.25, 0.3) is 0 Å². The summed E-state index contributed by atoms with van der Waals surface area (Å²) in [6, 6.07) is 8.10. The fourth-order valence-electron chi connectivity index (χ4n) is 2.49. The van der Waals surface area contributed by atoms with Gasteiger partial charge >= 0.3 is 0 Å². The van der Waals surface area contributed by atoms with E-state index in [1.54, 1.807) is 0 Å². The molecule has 1 aromatic carbocycles. The van der Waals surface area contributed by atoms with Crippen molar-refractivity contribution in [1.29, 1.82) is 0 Å². The topological polar surface area (TPSA) is 62.9 Å². The first-order chi connectivity index (χ1) is 11.1. The van der Waals surface area contributed by atoms with E-state index in [2.05, 4.69) is 33.9 Å². The second-order valence-electron chi connectivity index (χ2n) is 5.75. The van der Waals surface area contributed by atoms with Crippen molar-refractivity contribution in [3.8, 4) is 0 Å². The maximum atomic E-state index is 6.00. The van der Waals surface area contributed by atoms with Gasteiger partial charge in [-0.3, -0.25) is 9.89 Å². The molecule has 0 amide bonds. The van der Waals surface area contributed by atoms with Crippen molar-refractivity contribution in [2.45, 2.75) is 13.0 Å². The standard InChI is InChI=1S/C17H25ClN4O/c1-13(2)11-20-17(19)21-12-16(22-7-9-23-10-8-22)14-3-5-15(18)6-4-14/h3-6,16H,1,7-12H2,2H3,(H3,19,20,21). The van der Waals surface area contributed by atoms with Crippen molar-refractivity contribution in [3.63, 3.8) is 0 Å². The van der Waals surface area contributed by atoms with E-state index in [9.17, 15) is 0 Å². The SMILES string of the molecule is C=C(C)CNC(N)=NCC(c1ccc(Cl)cc1)N1CCOCC1. The number of benzene rings is 1. The molecule has 1 aliphatic rings. The van der Waals surface area contributed by atoms with Crippen LogP contribution in [0.3, 0.4) is 0 Å². The molecule has 0 bridgehead atoms. The molecule has 1 unspecified atom stereocenters. The third-order valence-electron chi connectivity index (χ3n) is 3.75. The van der Waals surface area contributed by atoms with Crippen LogP contribution in [0, 0.1) is 0 Å². The van der Waals surface area contributed by atoms with E-state index in [0.717, 1.165) is 36.9 Å².